The van der Waals surface area contributed by atoms with Gasteiger partial charge in [-0.2, -0.15) is 0 Å². The van der Waals surface area contributed by atoms with Gasteiger partial charge in [0.15, 0.2) is 0 Å². The summed E-state index contributed by atoms with van der Waals surface area (Å²) in [5.41, 5.74) is 0.978. The van der Waals surface area contributed by atoms with Gasteiger partial charge in [0.25, 0.3) is 5.91 Å². The summed E-state index contributed by atoms with van der Waals surface area (Å²) in [7, 11) is 1.63. The molecular formula is C15H17NO2S. The number of carbonyl (C=O) groups excluding carboxylic acids is 1. The molecule has 2 aromatic rings. The Bertz CT molecular complexity index is 577. The van der Waals surface area contributed by atoms with Gasteiger partial charge in [0.1, 0.15) is 5.75 Å². The molecule has 0 aliphatic rings. The maximum Gasteiger partial charge on any atom is 0.261 e. The average Bonchev–Trinajstić information content (AvgIpc) is 2.85. The summed E-state index contributed by atoms with van der Waals surface area (Å²) in [5, 5.41) is 2.99. The molecule has 0 fully saturated rings. The first-order valence-electron chi connectivity index (χ1n) is 6.12. The summed E-state index contributed by atoms with van der Waals surface area (Å²) in [6, 6.07) is 11.4. The number of nitrogens with one attached hydrogen (secondary N) is 1. The van der Waals surface area contributed by atoms with Crippen LogP contribution in [0.2, 0.25) is 0 Å². The van der Waals surface area contributed by atoms with E-state index in [2.05, 4.69) is 5.32 Å². The minimum absolute atomic E-state index is 0.0449. The van der Waals surface area contributed by atoms with E-state index >= 15 is 0 Å². The molecule has 1 heterocycles. The van der Waals surface area contributed by atoms with E-state index in [0.717, 1.165) is 21.1 Å². The maximum atomic E-state index is 12.1. The predicted molar refractivity (Wildman–Crippen MR) is 77.9 cm³/mol. The Kier molecular flexibility index (Phi) is 4.22. The highest BCUT2D eigenvalue weighted by Crippen LogP contribution is 2.25. The van der Waals surface area contributed by atoms with Crippen molar-refractivity contribution in [2.24, 2.45) is 0 Å². The molecule has 0 saturated heterocycles. The number of rotatable bonds is 4. The normalized spacial score (nSPS) is 11.9. The molecule has 2 rings (SSSR count). The van der Waals surface area contributed by atoms with Crippen LogP contribution in [-0.2, 0) is 0 Å². The SMILES string of the molecule is COc1ccccc1C(C)NC(=O)c1ccc(C)s1. The third-order valence-electron chi connectivity index (χ3n) is 2.92. The Labute approximate surface area is 117 Å². The van der Waals surface area contributed by atoms with Crippen LogP contribution in [0.4, 0.5) is 0 Å². The zero-order chi connectivity index (χ0) is 13.8. The van der Waals surface area contributed by atoms with E-state index in [-0.39, 0.29) is 11.9 Å². The average molecular weight is 275 g/mol. The summed E-state index contributed by atoms with van der Waals surface area (Å²) < 4.78 is 5.31. The summed E-state index contributed by atoms with van der Waals surface area (Å²) in [6.07, 6.45) is 0. The van der Waals surface area contributed by atoms with E-state index in [1.807, 2.05) is 50.2 Å². The van der Waals surface area contributed by atoms with Crippen molar-refractivity contribution < 1.29 is 9.53 Å². The first-order chi connectivity index (χ1) is 9.11. The molecule has 1 amide bonds. The monoisotopic (exact) mass is 275 g/mol. The van der Waals surface area contributed by atoms with Crippen molar-refractivity contribution in [3.63, 3.8) is 0 Å². The second-order valence-electron chi connectivity index (χ2n) is 4.35. The van der Waals surface area contributed by atoms with E-state index in [1.54, 1.807) is 7.11 Å². The standard InChI is InChI=1S/C15H17NO2S/c1-10-8-9-14(19-10)15(17)16-11(2)12-6-4-5-7-13(12)18-3/h4-9,11H,1-3H3,(H,16,17). The van der Waals surface area contributed by atoms with Gasteiger partial charge in [-0.15, -0.1) is 11.3 Å². The Morgan fingerprint density at radius 2 is 2.00 bits per heavy atom. The van der Waals surface area contributed by atoms with E-state index < -0.39 is 0 Å². The molecule has 19 heavy (non-hydrogen) atoms. The predicted octanol–water partition coefficient (Wildman–Crippen LogP) is 3.56. The molecule has 0 spiro atoms. The zero-order valence-corrected chi connectivity index (χ0v) is 12.1. The number of methoxy groups -OCH3 is 1. The topological polar surface area (TPSA) is 38.3 Å². The lowest BCUT2D eigenvalue weighted by molar-refractivity contribution is 0.0943. The number of carbonyl (C=O) groups is 1. The number of benzene rings is 1. The lowest BCUT2D eigenvalue weighted by Crippen LogP contribution is -2.26. The van der Waals surface area contributed by atoms with Crippen LogP contribution in [0.15, 0.2) is 36.4 Å². The molecule has 4 heteroatoms. The highest BCUT2D eigenvalue weighted by Gasteiger charge is 2.15. The number of amides is 1. The smallest absolute Gasteiger partial charge is 0.261 e. The molecule has 0 saturated carbocycles. The molecule has 1 aromatic carbocycles. The van der Waals surface area contributed by atoms with Crippen LogP contribution in [0.1, 0.15) is 33.1 Å². The Hall–Kier alpha value is -1.81. The van der Waals surface area contributed by atoms with Gasteiger partial charge in [0, 0.05) is 10.4 Å². The van der Waals surface area contributed by atoms with Gasteiger partial charge in [0.2, 0.25) is 0 Å². The maximum absolute atomic E-state index is 12.1. The van der Waals surface area contributed by atoms with E-state index in [9.17, 15) is 4.79 Å². The first-order valence-corrected chi connectivity index (χ1v) is 6.93. The third kappa shape index (κ3) is 3.15. The Morgan fingerprint density at radius 3 is 2.63 bits per heavy atom. The fourth-order valence-corrected chi connectivity index (χ4v) is 2.70. The summed E-state index contributed by atoms with van der Waals surface area (Å²) in [6.45, 7) is 3.95. The summed E-state index contributed by atoms with van der Waals surface area (Å²) in [5.74, 6) is 0.745. The highest BCUT2D eigenvalue weighted by atomic mass is 32.1. The number of thiophene rings is 1. The fraction of sp³-hybridized carbons (Fsp3) is 0.267. The molecule has 3 nitrogen and oxygen atoms in total. The summed E-state index contributed by atoms with van der Waals surface area (Å²) >= 11 is 1.50. The van der Waals surface area contributed by atoms with Gasteiger partial charge in [0.05, 0.1) is 18.0 Å². The molecule has 100 valence electrons. The third-order valence-corrected chi connectivity index (χ3v) is 3.92. The molecule has 0 aliphatic heterocycles. The van der Waals surface area contributed by atoms with Crippen LogP contribution >= 0.6 is 11.3 Å². The van der Waals surface area contributed by atoms with Crippen molar-refractivity contribution >= 4 is 17.2 Å². The lowest BCUT2D eigenvalue weighted by Gasteiger charge is -2.16. The Morgan fingerprint density at radius 1 is 1.26 bits per heavy atom. The quantitative estimate of drug-likeness (QED) is 0.926. The van der Waals surface area contributed by atoms with Gasteiger partial charge < -0.3 is 10.1 Å². The highest BCUT2D eigenvalue weighted by molar-refractivity contribution is 7.13. The van der Waals surface area contributed by atoms with E-state index in [0.29, 0.717) is 0 Å². The molecule has 0 aliphatic carbocycles. The van der Waals surface area contributed by atoms with Crippen LogP contribution in [-0.4, -0.2) is 13.0 Å². The largest absolute Gasteiger partial charge is 0.496 e. The second-order valence-corrected chi connectivity index (χ2v) is 5.64. The number of para-hydroxylation sites is 1. The number of hydrogen-bond acceptors (Lipinski definition) is 3. The van der Waals surface area contributed by atoms with Crippen molar-refractivity contribution in [2.75, 3.05) is 7.11 Å². The molecule has 0 bridgehead atoms. The van der Waals surface area contributed by atoms with Crippen LogP contribution in [0.25, 0.3) is 0 Å². The van der Waals surface area contributed by atoms with Crippen molar-refractivity contribution in [2.45, 2.75) is 19.9 Å². The molecule has 0 radical (unpaired) electrons. The first kappa shape index (κ1) is 13.6. The van der Waals surface area contributed by atoms with Gasteiger partial charge in [-0.3, -0.25) is 4.79 Å². The minimum atomic E-state index is -0.0916. The zero-order valence-electron chi connectivity index (χ0n) is 11.3. The van der Waals surface area contributed by atoms with Crippen LogP contribution < -0.4 is 10.1 Å². The van der Waals surface area contributed by atoms with Gasteiger partial charge in [-0.1, -0.05) is 18.2 Å². The van der Waals surface area contributed by atoms with Gasteiger partial charge in [-0.25, -0.2) is 0 Å². The molecule has 1 aromatic heterocycles. The van der Waals surface area contributed by atoms with Crippen molar-refractivity contribution in [1.29, 1.82) is 0 Å². The molecule has 1 unspecified atom stereocenters. The summed E-state index contributed by atoms with van der Waals surface area (Å²) in [4.78, 5) is 14.0. The number of aryl methyl sites for hydroxylation is 1. The number of hydrogen-bond donors (Lipinski definition) is 1. The second kappa shape index (κ2) is 5.89. The lowest BCUT2D eigenvalue weighted by atomic mass is 10.1. The number of ether oxygens (including phenoxy) is 1. The van der Waals surface area contributed by atoms with E-state index in [1.165, 1.54) is 11.3 Å². The molecule has 1 N–H and O–H groups in total. The fourth-order valence-electron chi connectivity index (χ4n) is 1.93. The Balaban J connectivity index is 2.12. The van der Waals surface area contributed by atoms with Gasteiger partial charge >= 0.3 is 0 Å². The van der Waals surface area contributed by atoms with Crippen LogP contribution in [0.3, 0.4) is 0 Å². The molecular weight excluding hydrogens is 258 g/mol. The van der Waals surface area contributed by atoms with Crippen molar-refractivity contribution in [3.8, 4) is 5.75 Å². The van der Waals surface area contributed by atoms with Crippen LogP contribution in [0.5, 0.6) is 5.75 Å². The van der Waals surface area contributed by atoms with Crippen molar-refractivity contribution in [1.82, 2.24) is 5.32 Å². The van der Waals surface area contributed by atoms with Gasteiger partial charge in [-0.05, 0) is 32.0 Å². The molecule has 1 atom stereocenters. The van der Waals surface area contributed by atoms with E-state index in [4.69, 9.17) is 4.74 Å². The minimum Gasteiger partial charge on any atom is -0.496 e. The van der Waals surface area contributed by atoms with Crippen molar-refractivity contribution in [3.05, 3.63) is 51.7 Å². The van der Waals surface area contributed by atoms with Crippen LogP contribution in [0, 0.1) is 6.92 Å².